The van der Waals surface area contributed by atoms with Crippen molar-refractivity contribution in [3.8, 4) is 0 Å². The van der Waals surface area contributed by atoms with Gasteiger partial charge in [-0.1, -0.05) is 30.8 Å². The molecule has 130 valence electrons. The van der Waals surface area contributed by atoms with Crippen LogP contribution in [-0.2, 0) is 4.79 Å². The van der Waals surface area contributed by atoms with E-state index >= 15 is 0 Å². The predicted octanol–water partition coefficient (Wildman–Crippen LogP) is 4.19. The van der Waals surface area contributed by atoms with Crippen LogP contribution in [-0.4, -0.2) is 32.7 Å². The molecule has 2 aromatic heterocycles. The number of aromatic amines is 1. The van der Waals surface area contributed by atoms with E-state index in [4.69, 9.17) is 0 Å². The van der Waals surface area contributed by atoms with Crippen LogP contribution in [0.1, 0.15) is 25.8 Å². The zero-order chi connectivity index (χ0) is 17.8. The molecule has 0 radical (unpaired) electrons. The lowest BCUT2D eigenvalue weighted by Crippen LogP contribution is -2.37. The molecule has 5 nitrogen and oxygen atoms in total. The smallest absolute Gasteiger partial charge is 0.240 e. The van der Waals surface area contributed by atoms with Crippen molar-refractivity contribution in [2.45, 2.75) is 37.6 Å². The van der Waals surface area contributed by atoms with E-state index in [0.29, 0.717) is 12.2 Å². The van der Waals surface area contributed by atoms with E-state index in [2.05, 4.69) is 15.0 Å². The predicted molar refractivity (Wildman–Crippen MR) is 103 cm³/mol. The van der Waals surface area contributed by atoms with E-state index in [9.17, 15) is 4.79 Å². The molecule has 1 amide bonds. The maximum absolute atomic E-state index is 13.1. The summed E-state index contributed by atoms with van der Waals surface area (Å²) in [5.74, 6) is 0.106. The van der Waals surface area contributed by atoms with E-state index < -0.39 is 0 Å². The van der Waals surface area contributed by atoms with Crippen molar-refractivity contribution in [1.29, 1.82) is 0 Å². The normalized spacial score (nSPS) is 12.3. The molecule has 0 aliphatic rings. The minimum absolute atomic E-state index is 0.106. The van der Waals surface area contributed by atoms with Crippen LogP contribution in [0.15, 0.2) is 47.8 Å². The average molecular weight is 354 g/mol. The topological polar surface area (TPSA) is 61.9 Å². The number of imidazole rings is 1. The van der Waals surface area contributed by atoms with Crippen LogP contribution in [0.5, 0.6) is 0 Å². The number of nitrogens with zero attached hydrogens (tertiary/aromatic N) is 3. The quantitative estimate of drug-likeness (QED) is 0.674. The first-order valence-corrected chi connectivity index (χ1v) is 9.35. The van der Waals surface area contributed by atoms with Crippen molar-refractivity contribution < 1.29 is 4.79 Å². The highest BCUT2D eigenvalue weighted by Crippen LogP contribution is 2.28. The van der Waals surface area contributed by atoms with Crippen molar-refractivity contribution in [3.05, 3.63) is 48.2 Å². The highest BCUT2D eigenvalue weighted by molar-refractivity contribution is 8.00. The Morgan fingerprint density at radius 3 is 2.80 bits per heavy atom. The first-order valence-electron chi connectivity index (χ1n) is 8.47. The van der Waals surface area contributed by atoms with Gasteiger partial charge in [0.2, 0.25) is 5.91 Å². The number of thioether (sulfide) groups is 1. The van der Waals surface area contributed by atoms with Gasteiger partial charge in [0.05, 0.1) is 10.8 Å². The summed E-state index contributed by atoms with van der Waals surface area (Å²) in [5.41, 5.74) is 3.65. The number of carbonyl (C=O) groups is 1. The fraction of sp³-hybridized carbons (Fsp3) is 0.316. The van der Waals surface area contributed by atoms with Crippen molar-refractivity contribution in [2.75, 3.05) is 11.4 Å². The van der Waals surface area contributed by atoms with Crippen LogP contribution in [0.4, 0.5) is 5.69 Å². The standard InChI is InChI=1S/C19H22N4OS/c1-4-16(25-19-21-15-10-7-11-20-17(15)22-19)18(24)23(5-2)14-9-6-8-13(3)12-14/h6-12,16H,4-5H2,1-3H3,(H,20,21,22)/t16-/m1/s1. The second-order valence-electron chi connectivity index (χ2n) is 5.85. The molecule has 0 spiro atoms. The molecule has 0 bridgehead atoms. The Hall–Kier alpha value is -2.34. The van der Waals surface area contributed by atoms with Crippen LogP contribution >= 0.6 is 11.8 Å². The molecule has 0 saturated carbocycles. The summed E-state index contributed by atoms with van der Waals surface area (Å²) in [5, 5.41) is 0.537. The van der Waals surface area contributed by atoms with Gasteiger partial charge in [0.15, 0.2) is 10.8 Å². The summed E-state index contributed by atoms with van der Waals surface area (Å²) >= 11 is 1.47. The summed E-state index contributed by atoms with van der Waals surface area (Å²) in [7, 11) is 0. The fourth-order valence-electron chi connectivity index (χ4n) is 2.76. The average Bonchev–Trinajstić information content (AvgIpc) is 3.02. The lowest BCUT2D eigenvalue weighted by molar-refractivity contribution is -0.118. The molecule has 1 N–H and O–H groups in total. The number of nitrogens with one attached hydrogen (secondary N) is 1. The van der Waals surface area contributed by atoms with Gasteiger partial charge in [0.1, 0.15) is 0 Å². The van der Waals surface area contributed by atoms with Gasteiger partial charge in [0.25, 0.3) is 0 Å². The zero-order valence-electron chi connectivity index (χ0n) is 14.7. The molecule has 0 aliphatic carbocycles. The third kappa shape index (κ3) is 3.85. The highest BCUT2D eigenvalue weighted by Gasteiger charge is 2.25. The van der Waals surface area contributed by atoms with Gasteiger partial charge < -0.3 is 9.88 Å². The number of H-pyrrole nitrogens is 1. The number of amides is 1. The van der Waals surface area contributed by atoms with Crippen molar-refractivity contribution >= 4 is 34.5 Å². The first-order chi connectivity index (χ1) is 12.1. The number of pyridine rings is 1. The Labute approximate surface area is 151 Å². The van der Waals surface area contributed by atoms with Crippen LogP contribution in [0.3, 0.4) is 0 Å². The number of hydrogen-bond donors (Lipinski definition) is 1. The van der Waals surface area contributed by atoms with Crippen LogP contribution in [0.2, 0.25) is 0 Å². The molecule has 6 heteroatoms. The Balaban J connectivity index is 1.82. The molecule has 25 heavy (non-hydrogen) atoms. The van der Waals surface area contributed by atoms with E-state index in [1.807, 2.05) is 62.1 Å². The van der Waals surface area contributed by atoms with Gasteiger partial charge >= 0.3 is 0 Å². The molecule has 0 fully saturated rings. The Kier molecular flexibility index (Phi) is 5.38. The summed E-state index contributed by atoms with van der Waals surface area (Å²) in [4.78, 5) is 26.9. The molecule has 1 aromatic carbocycles. The minimum Gasteiger partial charge on any atom is -0.332 e. The third-order valence-corrected chi connectivity index (χ3v) is 5.27. The molecule has 3 aromatic rings. The van der Waals surface area contributed by atoms with E-state index in [0.717, 1.165) is 28.3 Å². The van der Waals surface area contributed by atoms with Crippen molar-refractivity contribution in [3.63, 3.8) is 0 Å². The maximum atomic E-state index is 13.1. The molecule has 2 heterocycles. The van der Waals surface area contributed by atoms with Gasteiger partial charge in [-0.15, -0.1) is 0 Å². The molecule has 3 rings (SSSR count). The Morgan fingerprint density at radius 1 is 1.28 bits per heavy atom. The van der Waals surface area contributed by atoms with Gasteiger partial charge in [0, 0.05) is 18.4 Å². The largest absolute Gasteiger partial charge is 0.332 e. The number of benzene rings is 1. The molecule has 0 saturated heterocycles. The molecule has 0 aliphatic heterocycles. The second-order valence-corrected chi connectivity index (χ2v) is 7.04. The number of rotatable bonds is 6. The van der Waals surface area contributed by atoms with E-state index in [1.54, 1.807) is 6.20 Å². The Morgan fingerprint density at radius 2 is 2.12 bits per heavy atom. The number of fused-ring (bicyclic) bond motifs is 1. The van der Waals surface area contributed by atoms with Gasteiger partial charge in [-0.25, -0.2) is 9.97 Å². The summed E-state index contributed by atoms with van der Waals surface area (Å²) in [6, 6.07) is 11.9. The number of carbonyl (C=O) groups excluding carboxylic acids is 1. The monoisotopic (exact) mass is 354 g/mol. The fourth-order valence-corrected chi connectivity index (χ4v) is 3.73. The highest BCUT2D eigenvalue weighted by atomic mass is 32.2. The molecule has 1 atom stereocenters. The zero-order valence-corrected chi connectivity index (χ0v) is 15.5. The van der Waals surface area contributed by atoms with Crippen molar-refractivity contribution in [2.24, 2.45) is 0 Å². The number of anilines is 1. The van der Waals surface area contributed by atoms with Gasteiger partial charge in [-0.05, 0) is 50.1 Å². The van der Waals surface area contributed by atoms with Crippen LogP contribution < -0.4 is 4.90 Å². The summed E-state index contributed by atoms with van der Waals surface area (Å²) in [6.45, 7) is 6.71. The SMILES string of the molecule is CC[C@@H](Sc1nc2ncccc2[nH]1)C(=O)N(CC)c1cccc(C)c1. The van der Waals surface area contributed by atoms with Crippen LogP contribution in [0, 0.1) is 6.92 Å². The second kappa shape index (κ2) is 7.70. The molecule has 0 unspecified atom stereocenters. The third-order valence-electron chi connectivity index (χ3n) is 4.03. The summed E-state index contributed by atoms with van der Waals surface area (Å²) < 4.78 is 0. The lowest BCUT2D eigenvalue weighted by atomic mass is 10.2. The van der Waals surface area contributed by atoms with E-state index in [-0.39, 0.29) is 11.2 Å². The molecular weight excluding hydrogens is 332 g/mol. The first kappa shape index (κ1) is 17.5. The lowest BCUT2D eigenvalue weighted by Gasteiger charge is -2.25. The summed E-state index contributed by atoms with van der Waals surface area (Å²) in [6.07, 6.45) is 2.45. The minimum atomic E-state index is -0.193. The number of aromatic nitrogens is 3. The van der Waals surface area contributed by atoms with E-state index in [1.165, 1.54) is 11.8 Å². The van der Waals surface area contributed by atoms with Crippen molar-refractivity contribution in [1.82, 2.24) is 15.0 Å². The number of aryl methyl sites for hydroxylation is 1. The Bertz CT molecular complexity index is 843. The van der Waals surface area contributed by atoms with Crippen LogP contribution in [0.25, 0.3) is 11.2 Å². The van der Waals surface area contributed by atoms with Gasteiger partial charge in [-0.2, -0.15) is 0 Å². The maximum Gasteiger partial charge on any atom is 0.240 e. The molecular formula is C19H22N4OS. The number of hydrogen-bond acceptors (Lipinski definition) is 4. The van der Waals surface area contributed by atoms with Gasteiger partial charge in [-0.3, -0.25) is 4.79 Å².